The fourth-order valence-corrected chi connectivity index (χ4v) is 4.13. The maximum absolute atomic E-state index is 11.4. The Hall–Kier alpha value is -2.70. The van der Waals surface area contributed by atoms with Gasteiger partial charge in [0.2, 0.25) is 0 Å². The molecule has 3 rings (SSSR count). The molecule has 0 aliphatic rings. The van der Waals surface area contributed by atoms with Gasteiger partial charge in [-0.05, 0) is 35.2 Å². The third-order valence-electron chi connectivity index (χ3n) is 4.14. The molecule has 0 spiro atoms. The summed E-state index contributed by atoms with van der Waals surface area (Å²) >= 11 is 1.28. The molecule has 0 amide bonds. The average molecular weight is 369 g/mol. The van der Waals surface area contributed by atoms with Gasteiger partial charge < -0.3 is 20.7 Å². The van der Waals surface area contributed by atoms with Crippen LogP contribution in [0.2, 0.25) is 0 Å². The molecule has 5 nitrogen and oxygen atoms in total. The van der Waals surface area contributed by atoms with Crippen molar-refractivity contribution in [1.82, 2.24) is 0 Å². The third kappa shape index (κ3) is 3.61. The van der Waals surface area contributed by atoms with Crippen LogP contribution in [-0.2, 0) is 4.79 Å². The third-order valence-corrected chi connectivity index (χ3v) is 5.51. The first-order valence-electron chi connectivity index (χ1n) is 8.00. The van der Waals surface area contributed by atoms with Crippen LogP contribution in [0, 0.1) is 0 Å². The minimum absolute atomic E-state index is 0.615. The Bertz CT molecular complexity index is 921. The van der Waals surface area contributed by atoms with Crippen molar-refractivity contribution >= 4 is 34.2 Å². The van der Waals surface area contributed by atoms with E-state index in [-0.39, 0.29) is 0 Å². The van der Waals surface area contributed by atoms with Gasteiger partial charge in [-0.15, -0.1) is 11.8 Å². The largest absolute Gasteiger partial charge is 0.497 e. The molecule has 26 heavy (non-hydrogen) atoms. The minimum Gasteiger partial charge on any atom is -0.497 e. The van der Waals surface area contributed by atoms with E-state index in [4.69, 9.17) is 10.5 Å². The summed E-state index contributed by atoms with van der Waals surface area (Å²) in [6, 6.07) is 18.4. The first-order chi connectivity index (χ1) is 12.5. The Morgan fingerprint density at radius 3 is 2.35 bits per heavy atom. The number of ether oxygens (including phenoxy) is 1. The quantitative estimate of drug-likeness (QED) is 0.453. The van der Waals surface area contributed by atoms with E-state index in [1.54, 1.807) is 31.4 Å². The molecule has 0 fully saturated rings. The molecule has 2 unspecified atom stereocenters. The number of fused-ring (bicyclic) bond motifs is 1. The smallest absolute Gasteiger partial charge is 0.334 e. The normalized spacial score (nSPS) is 13.3. The number of thioether (sulfide) groups is 1. The van der Waals surface area contributed by atoms with Crippen LogP contribution < -0.4 is 10.5 Å². The van der Waals surface area contributed by atoms with Crippen molar-refractivity contribution in [1.29, 1.82) is 0 Å². The molecular formula is C20H19NO4S. The van der Waals surface area contributed by atoms with Crippen LogP contribution in [-0.4, -0.2) is 29.4 Å². The van der Waals surface area contributed by atoms with E-state index >= 15 is 0 Å². The van der Waals surface area contributed by atoms with E-state index in [2.05, 4.69) is 0 Å². The molecular weight excluding hydrogens is 350 g/mol. The number of hydrogen-bond donors (Lipinski definition) is 3. The number of aliphatic carboxylic acids is 1. The summed E-state index contributed by atoms with van der Waals surface area (Å²) in [4.78, 5) is 12.3. The number of carboxylic acid groups (broad SMARTS) is 1. The Balaban J connectivity index is 2.05. The zero-order valence-electron chi connectivity index (χ0n) is 14.1. The number of methoxy groups -OCH3 is 1. The highest BCUT2D eigenvalue weighted by Gasteiger charge is 2.29. The average Bonchev–Trinajstić information content (AvgIpc) is 2.66. The maximum atomic E-state index is 11.4. The predicted octanol–water partition coefficient (Wildman–Crippen LogP) is 3.71. The molecule has 134 valence electrons. The topological polar surface area (TPSA) is 92.8 Å². The minimum atomic E-state index is -1.56. The van der Waals surface area contributed by atoms with Crippen LogP contribution >= 0.6 is 11.8 Å². The molecule has 3 aromatic rings. The van der Waals surface area contributed by atoms with Crippen molar-refractivity contribution in [2.75, 3.05) is 12.8 Å². The summed E-state index contributed by atoms with van der Waals surface area (Å²) < 4.78 is 5.15. The van der Waals surface area contributed by atoms with Gasteiger partial charge in [0, 0.05) is 16.0 Å². The van der Waals surface area contributed by atoms with Crippen LogP contribution in [0.3, 0.4) is 0 Å². The van der Waals surface area contributed by atoms with Crippen molar-refractivity contribution in [2.24, 2.45) is 0 Å². The number of nitrogens with two attached hydrogens (primary N) is 1. The summed E-state index contributed by atoms with van der Waals surface area (Å²) in [5, 5.41) is 20.8. The van der Waals surface area contributed by atoms with E-state index in [0.717, 1.165) is 15.7 Å². The second kappa shape index (κ2) is 7.68. The molecule has 0 aliphatic heterocycles. The summed E-state index contributed by atoms with van der Waals surface area (Å²) in [5.41, 5.74) is 7.44. The van der Waals surface area contributed by atoms with Gasteiger partial charge in [-0.1, -0.05) is 36.4 Å². The highest BCUT2D eigenvalue weighted by atomic mass is 32.2. The van der Waals surface area contributed by atoms with E-state index in [0.29, 0.717) is 17.0 Å². The number of aliphatic hydroxyl groups is 1. The van der Waals surface area contributed by atoms with Gasteiger partial charge in [-0.3, -0.25) is 0 Å². The number of nitrogen functional groups attached to an aromatic ring is 1. The number of benzene rings is 3. The van der Waals surface area contributed by atoms with Crippen LogP contribution in [0.4, 0.5) is 5.69 Å². The number of carboxylic acids is 1. The van der Waals surface area contributed by atoms with E-state index < -0.39 is 17.3 Å². The lowest BCUT2D eigenvalue weighted by atomic mass is 10.1. The first-order valence-corrected chi connectivity index (χ1v) is 8.88. The molecule has 0 aromatic heterocycles. The van der Waals surface area contributed by atoms with Crippen LogP contribution in [0.5, 0.6) is 5.75 Å². The number of hydrogen-bond acceptors (Lipinski definition) is 5. The van der Waals surface area contributed by atoms with Crippen molar-refractivity contribution < 1.29 is 19.7 Å². The molecule has 2 atom stereocenters. The van der Waals surface area contributed by atoms with Crippen LogP contribution in [0.15, 0.2) is 65.6 Å². The van der Waals surface area contributed by atoms with Gasteiger partial charge in [-0.2, -0.15) is 0 Å². The van der Waals surface area contributed by atoms with Crippen molar-refractivity contribution in [2.45, 2.75) is 16.2 Å². The summed E-state index contributed by atoms with van der Waals surface area (Å²) in [5.74, 6) is -0.608. The fourth-order valence-electron chi connectivity index (χ4n) is 2.81. The molecule has 4 N–H and O–H groups in total. The van der Waals surface area contributed by atoms with Gasteiger partial charge in [0.25, 0.3) is 0 Å². The van der Waals surface area contributed by atoms with Crippen molar-refractivity contribution in [3.05, 3.63) is 66.2 Å². The molecule has 0 saturated heterocycles. The highest BCUT2D eigenvalue weighted by Crippen LogP contribution is 2.42. The summed E-state index contributed by atoms with van der Waals surface area (Å²) in [6.07, 6.45) is -1.56. The second-order valence-corrected chi connectivity index (χ2v) is 6.98. The van der Waals surface area contributed by atoms with E-state index in [1.165, 1.54) is 11.8 Å². The zero-order chi connectivity index (χ0) is 18.7. The number of carbonyl (C=O) groups is 1. The molecule has 0 radical (unpaired) electrons. The van der Waals surface area contributed by atoms with Gasteiger partial charge >= 0.3 is 5.97 Å². The Morgan fingerprint density at radius 1 is 1.08 bits per heavy atom. The maximum Gasteiger partial charge on any atom is 0.334 e. The predicted molar refractivity (Wildman–Crippen MR) is 104 cm³/mol. The SMILES string of the molecule is COc1ccc(C(Sc2cccc3cccc(N)c23)C(O)C(=O)O)cc1. The van der Waals surface area contributed by atoms with E-state index in [1.807, 2.05) is 36.4 Å². The number of aliphatic hydroxyl groups excluding tert-OH is 1. The Labute approximate surface area is 155 Å². The van der Waals surface area contributed by atoms with E-state index in [9.17, 15) is 15.0 Å². The standard InChI is InChI=1S/C20H19NO4S/c1-25-14-10-8-13(9-11-14)19(18(22)20(23)24)26-16-7-3-5-12-4-2-6-15(21)17(12)16/h2-11,18-19,22H,21H2,1H3,(H,23,24). The van der Waals surface area contributed by atoms with Gasteiger partial charge in [0.1, 0.15) is 5.75 Å². The van der Waals surface area contributed by atoms with Crippen LogP contribution in [0.25, 0.3) is 10.8 Å². The van der Waals surface area contributed by atoms with Crippen molar-refractivity contribution in [3.63, 3.8) is 0 Å². The Morgan fingerprint density at radius 2 is 1.73 bits per heavy atom. The Kier molecular flexibility index (Phi) is 5.35. The molecule has 0 aliphatic carbocycles. The molecule has 6 heteroatoms. The lowest BCUT2D eigenvalue weighted by molar-refractivity contribution is -0.146. The highest BCUT2D eigenvalue weighted by molar-refractivity contribution is 7.99. The van der Waals surface area contributed by atoms with Gasteiger partial charge in [0.15, 0.2) is 6.10 Å². The molecule has 3 aromatic carbocycles. The molecule has 0 bridgehead atoms. The first kappa shape index (κ1) is 18.1. The summed E-state index contributed by atoms with van der Waals surface area (Å²) in [7, 11) is 1.56. The second-order valence-electron chi connectivity index (χ2n) is 5.80. The summed E-state index contributed by atoms with van der Waals surface area (Å²) in [6.45, 7) is 0. The fraction of sp³-hybridized carbons (Fsp3) is 0.150. The number of rotatable bonds is 6. The van der Waals surface area contributed by atoms with Crippen molar-refractivity contribution in [3.8, 4) is 5.75 Å². The number of anilines is 1. The molecule has 0 saturated carbocycles. The van der Waals surface area contributed by atoms with Crippen LogP contribution in [0.1, 0.15) is 10.8 Å². The lowest BCUT2D eigenvalue weighted by Gasteiger charge is -2.21. The zero-order valence-corrected chi connectivity index (χ0v) is 14.9. The lowest BCUT2D eigenvalue weighted by Crippen LogP contribution is -2.25. The molecule has 0 heterocycles. The van der Waals surface area contributed by atoms with Gasteiger partial charge in [0.05, 0.1) is 12.4 Å². The van der Waals surface area contributed by atoms with Gasteiger partial charge in [-0.25, -0.2) is 4.79 Å². The monoisotopic (exact) mass is 369 g/mol.